The number of carbonyl (C=O) groups is 3. The summed E-state index contributed by atoms with van der Waals surface area (Å²) in [6, 6.07) is 14.6. The molecule has 1 unspecified atom stereocenters. The number of aromatic nitrogens is 1. The Kier molecular flexibility index (Phi) is 6.55. The molecule has 0 aliphatic carbocycles. The molecule has 1 aliphatic rings. The normalized spacial score (nSPS) is 15.5. The third-order valence-electron chi connectivity index (χ3n) is 5.49. The number of ether oxygens (including phenoxy) is 2. The lowest BCUT2D eigenvalue weighted by molar-refractivity contribution is -0.138. The molecule has 0 radical (unpaired) electrons. The molecule has 4 rings (SSSR count). The van der Waals surface area contributed by atoms with E-state index < -0.39 is 29.3 Å². The minimum absolute atomic E-state index is 0.273. The molecular formula is C27H27N3O5. The fraction of sp³-hybridized carbons (Fsp3) is 0.259. The zero-order chi connectivity index (χ0) is 25.2. The van der Waals surface area contributed by atoms with E-state index in [1.807, 2.05) is 45.0 Å². The molecule has 0 spiro atoms. The number of hydrogen-bond donors (Lipinski definition) is 1. The van der Waals surface area contributed by atoms with E-state index in [1.165, 1.54) is 12.4 Å². The molecule has 0 saturated carbocycles. The lowest BCUT2D eigenvalue weighted by atomic mass is 9.96. The first-order valence-corrected chi connectivity index (χ1v) is 11.2. The quantitative estimate of drug-likeness (QED) is 0.580. The summed E-state index contributed by atoms with van der Waals surface area (Å²) in [6.07, 6.45) is 2.96. The fourth-order valence-corrected chi connectivity index (χ4v) is 3.99. The van der Waals surface area contributed by atoms with Crippen LogP contribution in [-0.2, 0) is 9.59 Å². The number of carbonyl (C=O) groups excluding carboxylic acids is 3. The third kappa shape index (κ3) is 5.01. The van der Waals surface area contributed by atoms with Crippen molar-refractivity contribution < 1.29 is 23.9 Å². The minimum atomic E-state index is -1.25. The van der Waals surface area contributed by atoms with Crippen LogP contribution < -0.4 is 14.8 Å². The second kappa shape index (κ2) is 9.58. The first-order chi connectivity index (χ1) is 16.7. The predicted octanol–water partition coefficient (Wildman–Crippen LogP) is 3.77. The molecule has 1 aromatic heterocycles. The first kappa shape index (κ1) is 23.9. The Balaban J connectivity index is 1.85. The first-order valence-electron chi connectivity index (χ1n) is 11.2. The van der Waals surface area contributed by atoms with Gasteiger partial charge in [0.05, 0.1) is 7.11 Å². The van der Waals surface area contributed by atoms with Crippen molar-refractivity contribution in [2.24, 2.45) is 0 Å². The van der Waals surface area contributed by atoms with Gasteiger partial charge in [0.25, 0.3) is 11.8 Å². The van der Waals surface area contributed by atoms with Gasteiger partial charge in [-0.3, -0.25) is 24.3 Å². The van der Waals surface area contributed by atoms with Gasteiger partial charge < -0.3 is 14.8 Å². The molecule has 1 N–H and O–H groups in total. The van der Waals surface area contributed by atoms with Crippen LogP contribution in [0.25, 0.3) is 11.1 Å². The van der Waals surface area contributed by atoms with E-state index in [0.29, 0.717) is 22.6 Å². The van der Waals surface area contributed by atoms with Crippen LogP contribution in [-0.4, -0.2) is 46.9 Å². The smallest absolute Gasteiger partial charge is 0.268 e. The maximum atomic E-state index is 14.0. The summed E-state index contributed by atoms with van der Waals surface area (Å²) in [5, 5.41) is 2.89. The third-order valence-corrected chi connectivity index (χ3v) is 5.49. The Labute approximate surface area is 203 Å². The van der Waals surface area contributed by atoms with Crippen LogP contribution >= 0.6 is 0 Å². The number of methoxy groups -OCH3 is 1. The summed E-state index contributed by atoms with van der Waals surface area (Å²) >= 11 is 0. The number of benzene rings is 2. The molecule has 3 aromatic rings. The summed E-state index contributed by atoms with van der Waals surface area (Å²) in [7, 11) is 1.57. The van der Waals surface area contributed by atoms with Crippen LogP contribution in [0.15, 0.2) is 67.0 Å². The molecule has 2 aromatic carbocycles. The Morgan fingerprint density at radius 1 is 1.11 bits per heavy atom. The number of amides is 3. The molecule has 0 fully saturated rings. The van der Waals surface area contributed by atoms with Crippen LogP contribution in [0.4, 0.5) is 0 Å². The van der Waals surface area contributed by atoms with Gasteiger partial charge in [-0.2, -0.15) is 0 Å². The summed E-state index contributed by atoms with van der Waals surface area (Å²) in [6.45, 7) is 5.10. The maximum Gasteiger partial charge on any atom is 0.268 e. The van der Waals surface area contributed by atoms with E-state index in [4.69, 9.17) is 9.47 Å². The summed E-state index contributed by atoms with van der Waals surface area (Å²) < 4.78 is 11.0. The summed E-state index contributed by atoms with van der Waals surface area (Å²) in [5.41, 5.74) is 1.37. The van der Waals surface area contributed by atoms with E-state index in [-0.39, 0.29) is 12.2 Å². The summed E-state index contributed by atoms with van der Waals surface area (Å²) in [5.74, 6) is -0.772. The van der Waals surface area contributed by atoms with Crippen molar-refractivity contribution in [3.63, 3.8) is 0 Å². The van der Waals surface area contributed by atoms with Crippen LogP contribution in [0.5, 0.6) is 11.5 Å². The number of nitrogens with zero attached hydrogens (tertiary/aromatic N) is 2. The molecule has 8 nitrogen and oxygen atoms in total. The number of nitrogens with one attached hydrogen (secondary N) is 1. The van der Waals surface area contributed by atoms with Crippen molar-refractivity contribution in [3.8, 4) is 22.6 Å². The average molecular weight is 474 g/mol. The van der Waals surface area contributed by atoms with Crippen molar-refractivity contribution in [3.05, 3.63) is 78.1 Å². The second-order valence-electron chi connectivity index (χ2n) is 9.19. The topological polar surface area (TPSA) is 97.8 Å². The SMILES string of the molecule is COc1cccc(-c2ccccc2C(=O)N2C(=O)COc3ccncc3C2C(=O)NC(C)(C)C)c1. The molecular weight excluding hydrogens is 446 g/mol. The zero-order valence-electron chi connectivity index (χ0n) is 20.1. The van der Waals surface area contributed by atoms with Crippen molar-refractivity contribution in [2.75, 3.05) is 13.7 Å². The Bertz CT molecular complexity index is 1280. The van der Waals surface area contributed by atoms with Gasteiger partial charge in [0.1, 0.15) is 17.5 Å². The van der Waals surface area contributed by atoms with E-state index >= 15 is 0 Å². The monoisotopic (exact) mass is 473 g/mol. The lowest BCUT2D eigenvalue weighted by Crippen LogP contribution is -2.51. The predicted molar refractivity (Wildman–Crippen MR) is 130 cm³/mol. The van der Waals surface area contributed by atoms with Gasteiger partial charge in [-0.15, -0.1) is 0 Å². The molecule has 2 heterocycles. The molecule has 180 valence electrons. The van der Waals surface area contributed by atoms with Crippen LogP contribution in [0, 0.1) is 0 Å². The van der Waals surface area contributed by atoms with Gasteiger partial charge in [-0.05, 0) is 56.2 Å². The largest absolute Gasteiger partial charge is 0.497 e. The average Bonchev–Trinajstić information content (AvgIpc) is 2.99. The van der Waals surface area contributed by atoms with Gasteiger partial charge in [-0.1, -0.05) is 30.3 Å². The van der Waals surface area contributed by atoms with Crippen LogP contribution in [0.2, 0.25) is 0 Å². The van der Waals surface area contributed by atoms with Gasteiger partial charge in [0.15, 0.2) is 6.61 Å². The van der Waals surface area contributed by atoms with Gasteiger partial charge in [0, 0.05) is 29.1 Å². The van der Waals surface area contributed by atoms with E-state index in [9.17, 15) is 14.4 Å². The molecule has 1 atom stereocenters. The number of rotatable bonds is 4. The Morgan fingerprint density at radius 2 is 1.89 bits per heavy atom. The summed E-state index contributed by atoms with van der Waals surface area (Å²) in [4.78, 5) is 45.9. The zero-order valence-corrected chi connectivity index (χ0v) is 20.1. The van der Waals surface area contributed by atoms with Gasteiger partial charge >= 0.3 is 0 Å². The number of imide groups is 1. The fourth-order valence-electron chi connectivity index (χ4n) is 3.99. The van der Waals surface area contributed by atoms with E-state index in [1.54, 1.807) is 37.4 Å². The van der Waals surface area contributed by atoms with Crippen LogP contribution in [0.3, 0.4) is 0 Å². The molecule has 0 saturated heterocycles. The van der Waals surface area contributed by atoms with E-state index in [0.717, 1.165) is 10.5 Å². The second-order valence-corrected chi connectivity index (χ2v) is 9.19. The highest BCUT2D eigenvalue weighted by Crippen LogP contribution is 2.35. The number of hydrogen-bond acceptors (Lipinski definition) is 6. The number of pyridine rings is 1. The van der Waals surface area contributed by atoms with Crippen molar-refractivity contribution in [2.45, 2.75) is 32.4 Å². The molecule has 35 heavy (non-hydrogen) atoms. The molecule has 8 heteroatoms. The molecule has 1 aliphatic heterocycles. The van der Waals surface area contributed by atoms with Gasteiger partial charge in [0.2, 0.25) is 5.91 Å². The van der Waals surface area contributed by atoms with Gasteiger partial charge in [-0.25, -0.2) is 0 Å². The highest BCUT2D eigenvalue weighted by Gasteiger charge is 2.42. The van der Waals surface area contributed by atoms with Crippen molar-refractivity contribution in [1.82, 2.24) is 15.2 Å². The highest BCUT2D eigenvalue weighted by molar-refractivity contribution is 6.11. The number of fused-ring (bicyclic) bond motifs is 1. The Morgan fingerprint density at radius 3 is 2.63 bits per heavy atom. The Hall–Kier alpha value is -4.20. The molecule has 3 amide bonds. The van der Waals surface area contributed by atoms with Crippen LogP contribution in [0.1, 0.15) is 42.7 Å². The van der Waals surface area contributed by atoms with Crippen molar-refractivity contribution >= 4 is 17.7 Å². The maximum absolute atomic E-state index is 14.0. The van der Waals surface area contributed by atoms with Crippen molar-refractivity contribution in [1.29, 1.82) is 0 Å². The molecule has 0 bridgehead atoms. The van der Waals surface area contributed by atoms with E-state index in [2.05, 4.69) is 10.3 Å². The highest BCUT2D eigenvalue weighted by atomic mass is 16.5. The lowest BCUT2D eigenvalue weighted by Gasteiger charge is -2.31. The minimum Gasteiger partial charge on any atom is -0.497 e. The standard InChI is InChI=1S/C27H27N3O5/c1-27(2,3)29-25(32)24-21-15-28-13-12-22(21)35-16-23(31)30(24)26(33)20-11-6-5-10-19(20)17-8-7-9-18(14-17)34-4/h5-15,24H,16H2,1-4H3,(H,29,32).